The van der Waals surface area contributed by atoms with Crippen LogP contribution in [0.1, 0.15) is 66.4 Å². The number of rotatable bonds is 6. The predicted molar refractivity (Wildman–Crippen MR) is 129 cm³/mol. The Morgan fingerprint density at radius 2 is 1.53 bits per heavy atom. The van der Waals surface area contributed by atoms with Crippen LogP contribution in [0.4, 0.5) is 5.82 Å². The summed E-state index contributed by atoms with van der Waals surface area (Å²) < 4.78 is 0. The van der Waals surface area contributed by atoms with Gasteiger partial charge in [-0.25, -0.2) is 4.98 Å². The van der Waals surface area contributed by atoms with Gasteiger partial charge in [-0.15, -0.1) is 0 Å². The molecule has 1 saturated carbocycles. The van der Waals surface area contributed by atoms with E-state index in [9.17, 15) is 4.79 Å². The Kier molecular flexibility index (Phi) is 6.18. The number of piperidine rings is 2. The van der Waals surface area contributed by atoms with E-state index in [0.717, 1.165) is 37.8 Å². The summed E-state index contributed by atoms with van der Waals surface area (Å²) in [4.78, 5) is 21.3. The lowest BCUT2D eigenvalue weighted by Crippen LogP contribution is -2.51. The number of pyridine rings is 1. The molecule has 5 heteroatoms. The zero-order chi connectivity index (χ0) is 22.0. The molecule has 1 aromatic carbocycles. The molecule has 32 heavy (non-hydrogen) atoms. The number of hydrogen-bond donors (Lipinski definition) is 1. The van der Waals surface area contributed by atoms with Crippen LogP contribution in [0.3, 0.4) is 0 Å². The number of carbonyl (C=O) groups excluding carboxylic acids is 1. The molecule has 5 nitrogen and oxygen atoms in total. The van der Waals surface area contributed by atoms with Crippen molar-refractivity contribution in [1.82, 2.24) is 9.88 Å². The van der Waals surface area contributed by atoms with Gasteiger partial charge in [0.15, 0.2) is 0 Å². The van der Waals surface area contributed by atoms with Crippen LogP contribution >= 0.6 is 0 Å². The summed E-state index contributed by atoms with van der Waals surface area (Å²) in [6.45, 7) is 4.93. The van der Waals surface area contributed by atoms with Gasteiger partial charge in [0.1, 0.15) is 5.82 Å². The van der Waals surface area contributed by atoms with Gasteiger partial charge in [-0.1, -0.05) is 24.6 Å². The summed E-state index contributed by atoms with van der Waals surface area (Å²) in [5.41, 5.74) is 8.93. The zero-order valence-electron chi connectivity index (χ0n) is 19.1. The number of primary amides is 1. The standard InChI is InChI=1S/C27H36N4O/c28-26(32)23-9-6-21(7-10-23)4-5-22-8-11-25(29-20-22)31-18-14-27(15-19-31)12-16-30(17-13-27)24-2-1-3-24/h6-11,20,24H,1-5,12-19H2,(H2,28,32). The minimum absolute atomic E-state index is 0.376. The highest BCUT2D eigenvalue weighted by molar-refractivity contribution is 5.92. The van der Waals surface area contributed by atoms with Gasteiger partial charge < -0.3 is 15.5 Å². The number of nitrogens with zero attached hydrogens (tertiary/aromatic N) is 3. The number of anilines is 1. The van der Waals surface area contributed by atoms with Gasteiger partial charge in [0.2, 0.25) is 5.91 Å². The minimum Gasteiger partial charge on any atom is -0.366 e. The van der Waals surface area contributed by atoms with Crippen molar-refractivity contribution in [2.75, 3.05) is 31.1 Å². The summed E-state index contributed by atoms with van der Waals surface area (Å²) in [5.74, 6) is 0.750. The van der Waals surface area contributed by atoms with Crippen LogP contribution < -0.4 is 10.6 Å². The molecule has 3 aliphatic rings. The van der Waals surface area contributed by atoms with E-state index in [-0.39, 0.29) is 5.91 Å². The first-order chi connectivity index (χ1) is 15.6. The lowest BCUT2D eigenvalue weighted by atomic mass is 9.70. The number of hydrogen-bond acceptors (Lipinski definition) is 4. The Morgan fingerprint density at radius 3 is 2.09 bits per heavy atom. The number of aromatic nitrogens is 1. The van der Waals surface area contributed by atoms with E-state index < -0.39 is 0 Å². The van der Waals surface area contributed by atoms with Crippen LogP contribution in [0.25, 0.3) is 0 Å². The molecule has 3 fully saturated rings. The van der Waals surface area contributed by atoms with Crippen molar-refractivity contribution in [1.29, 1.82) is 0 Å². The van der Waals surface area contributed by atoms with E-state index in [4.69, 9.17) is 10.7 Å². The van der Waals surface area contributed by atoms with Crippen molar-refractivity contribution >= 4 is 11.7 Å². The second-order valence-electron chi connectivity index (χ2n) is 10.2. The third kappa shape index (κ3) is 4.68. The number of likely N-dealkylation sites (tertiary alicyclic amines) is 1. The van der Waals surface area contributed by atoms with E-state index >= 15 is 0 Å². The van der Waals surface area contributed by atoms with Crippen molar-refractivity contribution in [3.63, 3.8) is 0 Å². The van der Waals surface area contributed by atoms with Gasteiger partial charge >= 0.3 is 0 Å². The molecule has 2 saturated heterocycles. The second kappa shape index (κ2) is 9.22. The molecule has 2 N–H and O–H groups in total. The van der Waals surface area contributed by atoms with Crippen LogP contribution in [0, 0.1) is 5.41 Å². The summed E-state index contributed by atoms with van der Waals surface area (Å²) in [6, 6.07) is 12.9. The Balaban J connectivity index is 1.10. The first-order valence-corrected chi connectivity index (χ1v) is 12.4. The van der Waals surface area contributed by atoms with Crippen LogP contribution in [-0.4, -0.2) is 48.0 Å². The Labute approximate surface area is 192 Å². The third-order valence-electron chi connectivity index (χ3n) is 8.35. The average molecular weight is 433 g/mol. The van der Waals surface area contributed by atoms with Gasteiger partial charge in [-0.2, -0.15) is 0 Å². The van der Waals surface area contributed by atoms with Crippen LogP contribution in [0.15, 0.2) is 42.6 Å². The fourth-order valence-electron chi connectivity index (χ4n) is 5.70. The smallest absolute Gasteiger partial charge is 0.248 e. The summed E-state index contributed by atoms with van der Waals surface area (Å²) >= 11 is 0. The number of amides is 1. The number of nitrogens with two attached hydrogens (primary N) is 1. The molecule has 1 amide bonds. The number of carbonyl (C=O) groups is 1. The highest BCUT2D eigenvalue weighted by Crippen LogP contribution is 2.43. The molecule has 1 aromatic heterocycles. The van der Waals surface area contributed by atoms with E-state index in [2.05, 4.69) is 21.9 Å². The molecule has 2 aromatic rings. The lowest BCUT2D eigenvalue weighted by molar-refractivity contribution is 0.0305. The van der Waals surface area contributed by atoms with Crippen molar-refractivity contribution in [3.8, 4) is 0 Å². The molecular weight excluding hydrogens is 396 g/mol. The van der Waals surface area contributed by atoms with Crippen molar-refractivity contribution in [2.24, 2.45) is 11.1 Å². The largest absolute Gasteiger partial charge is 0.366 e. The third-order valence-corrected chi connectivity index (χ3v) is 8.35. The van der Waals surface area contributed by atoms with Crippen LogP contribution in [0.5, 0.6) is 0 Å². The highest BCUT2D eigenvalue weighted by atomic mass is 16.1. The molecule has 1 spiro atoms. The zero-order valence-corrected chi connectivity index (χ0v) is 19.1. The Bertz CT molecular complexity index is 902. The normalized spacial score (nSPS) is 21.4. The van der Waals surface area contributed by atoms with Gasteiger partial charge in [0.05, 0.1) is 0 Å². The van der Waals surface area contributed by atoms with Crippen molar-refractivity contribution in [2.45, 2.75) is 63.8 Å². The molecule has 3 heterocycles. The average Bonchev–Trinajstić information content (AvgIpc) is 2.79. The van der Waals surface area contributed by atoms with E-state index in [0.29, 0.717) is 11.0 Å². The molecular formula is C27H36N4O. The molecule has 0 atom stereocenters. The first kappa shape index (κ1) is 21.4. The quantitative estimate of drug-likeness (QED) is 0.743. The monoisotopic (exact) mass is 432 g/mol. The molecule has 1 aliphatic carbocycles. The highest BCUT2D eigenvalue weighted by Gasteiger charge is 2.39. The maximum absolute atomic E-state index is 11.2. The predicted octanol–water partition coefficient (Wildman–Crippen LogP) is 4.20. The van der Waals surface area contributed by atoms with Gasteiger partial charge in [0.25, 0.3) is 0 Å². The van der Waals surface area contributed by atoms with E-state index in [1.54, 1.807) is 12.1 Å². The van der Waals surface area contributed by atoms with Crippen molar-refractivity contribution in [3.05, 3.63) is 59.3 Å². The van der Waals surface area contributed by atoms with E-state index in [1.165, 1.54) is 69.2 Å². The first-order valence-electron chi connectivity index (χ1n) is 12.4. The Morgan fingerprint density at radius 1 is 0.906 bits per heavy atom. The molecule has 0 unspecified atom stereocenters. The summed E-state index contributed by atoms with van der Waals surface area (Å²) in [7, 11) is 0. The second-order valence-corrected chi connectivity index (χ2v) is 10.2. The maximum atomic E-state index is 11.2. The SMILES string of the molecule is NC(=O)c1ccc(CCc2ccc(N3CCC4(CC3)CCN(C3CCC3)CC4)nc2)cc1. The summed E-state index contributed by atoms with van der Waals surface area (Å²) in [6.07, 6.45) is 13.6. The topological polar surface area (TPSA) is 62.5 Å². The van der Waals surface area contributed by atoms with E-state index in [1.807, 2.05) is 18.3 Å². The molecule has 0 radical (unpaired) electrons. The molecule has 5 rings (SSSR count). The molecule has 0 bridgehead atoms. The molecule has 170 valence electrons. The molecule has 2 aliphatic heterocycles. The Hall–Kier alpha value is -2.40. The van der Waals surface area contributed by atoms with Gasteiger partial charge in [-0.05, 0) is 99.2 Å². The fourth-order valence-corrected chi connectivity index (χ4v) is 5.70. The minimum atomic E-state index is -0.376. The maximum Gasteiger partial charge on any atom is 0.248 e. The van der Waals surface area contributed by atoms with Gasteiger partial charge in [0, 0.05) is 30.9 Å². The summed E-state index contributed by atoms with van der Waals surface area (Å²) in [5, 5.41) is 0. The van der Waals surface area contributed by atoms with Crippen LogP contribution in [-0.2, 0) is 12.8 Å². The van der Waals surface area contributed by atoms with Gasteiger partial charge in [-0.3, -0.25) is 4.79 Å². The fraction of sp³-hybridized carbons (Fsp3) is 0.556. The number of benzene rings is 1. The number of aryl methyl sites for hydroxylation is 2. The van der Waals surface area contributed by atoms with Crippen molar-refractivity contribution < 1.29 is 4.79 Å². The van der Waals surface area contributed by atoms with Crippen LogP contribution in [0.2, 0.25) is 0 Å². The lowest BCUT2D eigenvalue weighted by Gasteiger charge is -2.50.